The van der Waals surface area contributed by atoms with Gasteiger partial charge < -0.3 is 9.47 Å². The van der Waals surface area contributed by atoms with Crippen LogP contribution in [0.4, 0.5) is 13.2 Å². The first-order valence-corrected chi connectivity index (χ1v) is 5.36. The number of esters is 2. The van der Waals surface area contributed by atoms with Crippen molar-refractivity contribution in [3.05, 3.63) is 29.6 Å². The Morgan fingerprint density at radius 3 is 2.32 bits per heavy atom. The Balaban J connectivity index is 2.53. The molecule has 0 aliphatic rings. The predicted octanol–water partition coefficient (Wildman–Crippen LogP) is 2.35. The molecule has 0 aliphatic heterocycles. The Morgan fingerprint density at radius 1 is 1.05 bits per heavy atom. The molecule has 0 amide bonds. The van der Waals surface area contributed by atoms with Gasteiger partial charge in [0.1, 0.15) is 0 Å². The Labute approximate surface area is 107 Å². The molecule has 1 rings (SSSR count). The third-order valence-electron chi connectivity index (χ3n) is 2.21. The lowest BCUT2D eigenvalue weighted by atomic mass is 10.2. The third-order valence-corrected chi connectivity index (χ3v) is 2.21. The van der Waals surface area contributed by atoms with Crippen LogP contribution in [-0.2, 0) is 14.3 Å². The minimum absolute atomic E-state index is 0.00581. The highest BCUT2D eigenvalue weighted by molar-refractivity contribution is 5.74. The van der Waals surface area contributed by atoms with Crippen LogP contribution in [0.1, 0.15) is 19.3 Å². The molecule has 0 spiro atoms. The second kappa shape index (κ2) is 6.77. The van der Waals surface area contributed by atoms with Crippen molar-refractivity contribution in [1.82, 2.24) is 0 Å². The Kier molecular flexibility index (Phi) is 5.35. The van der Waals surface area contributed by atoms with Crippen LogP contribution in [0.5, 0.6) is 5.75 Å². The molecular formula is C12H11F3O4. The SMILES string of the molecule is COC(=O)CCCC(=O)Oc1ccc(F)c(F)c1F. The lowest BCUT2D eigenvalue weighted by molar-refractivity contribution is -0.141. The number of methoxy groups -OCH3 is 1. The van der Waals surface area contributed by atoms with Crippen LogP contribution in [-0.4, -0.2) is 19.0 Å². The molecule has 1 aromatic carbocycles. The average Bonchev–Trinajstić information content (AvgIpc) is 2.39. The van der Waals surface area contributed by atoms with E-state index < -0.39 is 35.1 Å². The summed E-state index contributed by atoms with van der Waals surface area (Å²) in [7, 11) is 1.21. The molecule has 19 heavy (non-hydrogen) atoms. The van der Waals surface area contributed by atoms with Gasteiger partial charge in [-0.25, -0.2) is 8.78 Å². The smallest absolute Gasteiger partial charge is 0.311 e. The van der Waals surface area contributed by atoms with E-state index in [-0.39, 0.29) is 19.3 Å². The number of halogens is 3. The molecule has 0 aliphatic carbocycles. The number of carbonyl (C=O) groups is 2. The molecule has 4 nitrogen and oxygen atoms in total. The van der Waals surface area contributed by atoms with Crippen LogP contribution in [0.3, 0.4) is 0 Å². The molecule has 104 valence electrons. The summed E-state index contributed by atoms with van der Waals surface area (Å²) in [6.45, 7) is 0. The number of rotatable bonds is 5. The van der Waals surface area contributed by atoms with Crippen LogP contribution in [0.2, 0.25) is 0 Å². The highest BCUT2D eigenvalue weighted by Gasteiger charge is 2.17. The van der Waals surface area contributed by atoms with E-state index in [4.69, 9.17) is 0 Å². The largest absolute Gasteiger partial charge is 0.469 e. The highest BCUT2D eigenvalue weighted by Crippen LogP contribution is 2.22. The first kappa shape index (κ1) is 15.0. The van der Waals surface area contributed by atoms with Crippen molar-refractivity contribution in [1.29, 1.82) is 0 Å². The summed E-state index contributed by atoms with van der Waals surface area (Å²) >= 11 is 0. The number of carbonyl (C=O) groups excluding carboxylic acids is 2. The van der Waals surface area contributed by atoms with E-state index in [0.29, 0.717) is 6.07 Å². The minimum Gasteiger partial charge on any atom is -0.469 e. The lowest BCUT2D eigenvalue weighted by Gasteiger charge is -2.06. The molecule has 0 N–H and O–H groups in total. The first-order valence-electron chi connectivity index (χ1n) is 5.36. The van der Waals surface area contributed by atoms with Gasteiger partial charge in [0.25, 0.3) is 0 Å². The Bertz CT molecular complexity index is 488. The second-order valence-electron chi connectivity index (χ2n) is 3.58. The molecule has 7 heteroatoms. The summed E-state index contributed by atoms with van der Waals surface area (Å²) in [5, 5.41) is 0. The molecule has 0 fully saturated rings. The predicted molar refractivity (Wildman–Crippen MR) is 57.8 cm³/mol. The molecule has 0 unspecified atom stereocenters. The van der Waals surface area contributed by atoms with Gasteiger partial charge in [-0.3, -0.25) is 9.59 Å². The summed E-state index contributed by atoms with van der Waals surface area (Å²) in [5.41, 5.74) is 0. The van der Waals surface area contributed by atoms with Crippen molar-refractivity contribution in [2.24, 2.45) is 0 Å². The molecule has 0 saturated carbocycles. The number of hydrogen-bond acceptors (Lipinski definition) is 4. The zero-order chi connectivity index (χ0) is 14.4. The maximum atomic E-state index is 13.2. The topological polar surface area (TPSA) is 52.6 Å². The normalized spacial score (nSPS) is 10.1. The van der Waals surface area contributed by atoms with Gasteiger partial charge in [0.2, 0.25) is 5.82 Å². The summed E-state index contributed by atoms with van der Waals surface area (Å²) in [6, 6.07) is 1.46. The zero-order valence-electron chi connectivity index (χ0n) is 10.0. The fourth-order valence-electron chi connectivity index (χ4n) is 1.24. The van der Waals surface area contributed by atoms with Crippen LogP contribution in [0.15, 0.2) is 12.1 Å². The summed E-state index contributed by atoms with van der Waals surface area (Å²) in [4.78, 5) is 22.0. The van der Waals surface area contributed by atoms with Crippen molar-refractivity contribution in [2.75, 3.05) is 7.11 Å². The maximum absolute atomic E-state index is 13.2. The monoisotopic (exact) mass is 276 g/mol. The van der Waals surface area contributed by atoms with Gasteiger partial charge in [-0.05, 0) is 18.6 Å². The molecule has 0 heterocycles. The van der Waals surface area contributed by atoms with Gasteiger partial charge in [0, 0.05) is 12.8 Å². The van der Waals surface area contributed by atoms with E-state index in [0.717, 1.165) is 6.07 Å². The van der Waals surface area contributed by atoms with Crippen LogP contribution in [0, 0.1) is 17.5 Å². The maximum Gasteiger partial charge on any atom is 0.311 e. The van der Waals surface area contributed by atoms with Gasteiger partial charge in [-0.15, -0.1) is 0 Å². The van der Waals surface area contributed by atoms with Crippen LogP contribution in [0.25, 0.3) is 0 Å². The molecule has 1 aromatic rings. The van der Waals surface area contributed by atoms with Gasteiger partial charge in [-0.2, -0.15) is 4.39 Å². The van der Waals surface area contributed by atoms with E-state index >= 15 is 0 Å². The second-order valence-corrected chi connectivity index (χ2v) is 3.58. The van der Waals surface area contributed by atoms with Gasteiger partial charge in [-0.1, -0.05) is 0 Å². The fraction of sp³-hybridized carbons (Fsp3) is 0.333. The van der Waals surface area contributed by atoms with E-state index in [1.54, 1.807) is 0 Å². The molecular weight excluding hydrogens is 265 g/mol. The highest BCUT2D eigenvalue weighted by atomic mass is 19.2. The summed E-state index contributed by atoms with van der Waals surface area (Å²) in [5.74, 6) is -6.69. The van der Waals surface area contributed by atoms with E-state index in [1.165, 1.54) is 7.11 Å². The number of hydrogen-bond donors (Lipinski definition) is 0. The summed E-state index contributed by atoms with van der Waals surface area (Å²) in [6.07, 6.45) is -0.0177. The van der Waals surface area contributed by atoms with Gasteiger partial charge in [0.15, 0.2) is 17.4 Å². The fourth-order valence-corrected chi connectivity index (χ4v) is 1.24. The van der Waals surface area contributed by atoms with E-state index in [9.17, 15) is 22.8 Å². The van der Waals surface area contributed by atoms with Crippen LogP contribution >= 0.6 is 0 Å². The van der Waals surface area contributed by atoms with Crippen molar-refractivity contribution in [2.45, 2.75) is 19.3 Å². The van der Waals surface area contributed by atoms with Crippen LogP contribution < -0.4 is 4.74 Å². The molecule has 0 radical (unpaired) electrons. The zero-order valence-corrected chi connectivity index (χ0v) is 10.0. The molecule has 0 aromatic heterocycles. The Hall–Kier alpha value is -2.05. The number of benzene rings is 1. The first-order chi connectivity index (χ1) is 8.95. The van der Waals surface area contributed by atoms with E-state index in [2.05, 4.69) is 9.47 Å². The van der Waals surface area contributed by atoms with Crippen molar-refractivity contribution in [3.63, 3.8) is 0 Å². The van der Waals surface area contributed by atoms with Crippen molar-refractivity contribution in [3.8, 4) is 5.75 Å². The van der Waals surface area contributed by atoms with Crippen molar-refractivity contribution < 1.29 is 32.2 Å². The third kappa shape index (κ3) is 4.27. The van der Waals surface area contributed by atoms with Crippen molar-refractivity contribution >= 4 is 11.9 Å². The van der Waals surface area contributed by atoms with Gasteiger partial charge in [0.05, 0.1) is 7.11 Å². The standard InChI is InChI=1S/C12H11F3O4/c1-18-9(16)3-2-4-10(17)19-8-6-5-7(13)11(14)12(8)15/h5-6H,2-4H2,1H3. The molecule has 0 atom stereocenters. The van der Waals surface area contributed by atoms with E-state index in [1.807, 2.05) is 0 Å². The lowest BCUT2D eigenvalue weighted by Crippen LogP contribution is -2.11. The average molecular weight is 276 g/mol. The van der Waals surface area contributed by atoms with Gasteiger partial charge >= 0.3 is 11.9 Å². The summed E-state index contributed by atoms with van der Waals surface area (Å²) < 4.78 is 47.5. The molecule has 0 bridgehead atoms. The molecule has 0 saturated heterocycles. The number of ether oxygens (including phenoxy) is 2. The quantitative estimate of drug-likeness (QED) is 0.470. The Morgan fingerprint density at radius 2 is 1.68 bits per heavy atom. The minimum atomic E-state index is -1.71.